The fraction of sp³-hybridized carbons (Fsp3) is 0.333. The number of halogens is 4. The second kappa shape index (κ2) is 4.06. The van der Waals surface area contributed by atoms with Crippen LogP contribution in [-0.4, -0.2) is 11.6 Å². The Morgan fingerprint density at radius 2 is 2.05 bits per heavy atom. The Labute approximate surface area is 115 Å². The molecule has 1 aliphatic heterocycles. The quantitative estimate of drug-likeness (QED) is 0.844. The van der Waals surface area contributed by atoms with Crippen LogP contribution in [0, 0.1) is 11.8 Å². The topological polar surface area (TPSA) is 41.5 Å². The zero-order valence-corrected chi connectivity index (χ0v) is 11.0. The molecule has 100 valence electrons. The smallest absolute Gasteiger partial charge is 0.273 e. The number of hydrogen-bond acceptors (Lipinski definition) is 2. The van der Waals surface area contributed by atoms with E-state index in [0.717, 1.165) is 6.07 Å². The first-order valence-corrected chi connectivity index (χ1v) is 6.42. The third kappa shape index (κ3) is 2.16. The molecular formula is C12H8BrF3N2O. The van der Waals surface area contributed by atoms with Crippen LogP contribution in [0.1, 0.15) is 17.5 Å². The van der Waals surface area contributed by atoms with Crippen LogP contribution in [0.3, 0.4) is 0 Å². The Kier molecular flexibility index (Phi) is 2.70. The lowest BCUT2D eigenvalue weighted by Gasteiger charge is -2.14. The molecule has 1 aromatic rings. The van der Waals surface area contributed by atoms with Crippen molar-refractivity contribution < 1.29 is 18.0 Å². The maximum Gasteiger partial charge on any atom is 0.417 e. The van der Waals surface area contributed by atoms with E-state index in [9.17, 15) is 18.0 Å². The van der Waals surface area contributed by atoms with E-state index in [0.29, 0.717) is 17.7 Å². The van der Waals surface area contributed by atoms with Gasteiger partial charge in [-0.2, -0.15) is 18.3 Å². The number of alkyl halides is 3. The molecule has 3 rings (SSSR count). The monoisotopic (exact) mass is 332 g/mol. The van der Waals surface area contributed by atoms with Crippen LogP contribution in [0.5, 0.6) is 0 Å². The summed E-state index contributed by atoms with van der Waals surface area (Å²) in [7, 11) is 0. The highest BCUT2D eigenvalue weighted by Gasteiger charge is 2.49. The maximum absolute atomic E-state index is 12.8. The van der Waals surface area contributed by atoms with E-state index in [4.69, 9.17) is 0 Å². The highest BCUT2D eigenvalue weighted by atomic mass is 79.9. The van der Waals surface area contributed by atoms with E-state index in [-0.39, 0.29) is 22.2 Å². The molecule has 2 aliphatic rings. The van der Waals surface area contributed by atoms with Crippen molar-refractivity contribution >= 4 is 27.5 Å². The van der Waals surface area contributed by atoms with Gasteiger partial charge >= 0.3 is 6.18 Å². The number of amides is 1. The van der Waals surface area contributed by atoms with Crippen LogP contribution in [0.4, 0.5) is 13.2 Å². The molecule has 0 unspecified atom stereocenters. The zero-order chi connectivity index (χ0) is 13.8. The van der Waals surface area contributed by atoms with Crippen molar-refractivity contribution in [3.05, 3.63) is 33.8 Å². The number of nitrogens with zero attached hydrogens (tertiary/aromatic N) is 1. The van der Waals surface area contributed by atoms with Gasteiger partial charge in [-0.3, -0.25) is 4.79 Å². The lowest BCUT2D eigenvalue weighted by atomic mass is 10.0. The van der Waals surface area contributed by atoms with E-state index < -0.39 is 11.7 Å². The predicted octanol–water partition coefficient (Wildman–Crippen LogP) is 2.94. The number of fused-ring (bicyclic) bond motifs is 1. The first-order valence-electron chi connectivity index (χ1n) is 5.62. The molecule has 3 nitrogen and oxygen atoms in total. The number of carbonyl (C=O) groups excluding carboxylic acids is 1. The third-order valence-corrected chi connectivity index (χ3v) is 4.02. The molecule has 1 aliphatic carbocycles. The number of benzene rings is 1. The Morgan fingerprint density at radius 1 is 1.32 bits per heavy atom. The van der Waals surface area contributed by atoms with Crippen LogP contribution in [-0.2, 0) is 11.0 Å². The molecule has 0 bridgehead atoms. The molecule has 1 amide bonds. The number of hydrogen-bond donors (Lipinski definition) is 1. The second-order valence-corrected chi connectivity index (χ2v) is 5.47. The molecule has 1 heterocycles. The molecule has 0 saturated heterocycles. The molecule has 7 heteroatoms. The van der Waals surface area contributed by atoms with Crippen molar-refractivity contribution in [2.24, 2.45) is 16.9 Å². The number of carbonyl (C=O) groups is 1. The lowest BCUT2D eigenvalue weighted by Crippen LogP contribution is -2.29. The molecule has 1 aromatic carbocycles. The summed E-state index contributed by atoms with van der Waals surface area (Å²) in [6.07, 6.45) is -3.77. The van der Waals surface area contributed by atoms with Gasteiger partial charge in [-0.1, -0.05) is 22.0 Å². The van der Waals surface area contributed by atoms with Gasteiger partial charge < -0.3 is 0 Å². The van der Waals surface area contributed by atoms with E-state index >= 15 is 0 Å². The van der Waals surface area contributed by atoms with Crippen LogP contribution in [0.15, 0.2) is 27.8 Å². The Hall–Kier alpha value is -1.37. The standard InChI is InChI=1S/C12H8BrF3N2O/c13-9-2-1-5(3-8(9)12(14,15)16)10-6-4-7(6)11(19)18-17-10/h1-3,6-7H,4H2,(H,18,19)/t6-,7+/m1/s1. The minimum atomic E-state index is -4.42. The van der Waals surface area contributed by atoms with Gasteiger partial charge in [-0.15, -0.1) is 0 Å². The summed E-state index contributed by atoms with van der Waals surface area (Å²) in [5.41, 5.74) is 2.55. The maximum atomic E-state index is 12.8. The summed E-state index contributed by atoms with van der Waals surface area (Å²) < 4.78 is 38.5. The normalized spacial score (nSPS) is 25.5. The SMILES string of the molecule is O=C1NN=C(c2ccc(Br)c(C(F)(F)F)c2)[C@@H]2C[C@H]12. The van der Waals surface area contributed by atoms with Crippen molar-refractivity contribution in [3.8, 4) is 0 Å². The number of nitrogens with one attached hydrogen (secondary N) is 1. The highest BCUT2D eigenvalue weighted by molar-refractivity contribution is 9.10. The van der Waals surface area contributed by atoms with Crippen LogP contribution >= 0.6 is 15.9 Å². The first-order chi connectivity index (χ1) is 8.88. The largest absolute Gasteiger partial charge is 0.417 e. The molecular weight excluding hydrogens is 325 g/mol. The van der Waals surface area contributed by atoms with Crippen molar-refractivity contribution in [2.45, 2.75) is 12.6 Å². The fourth-order valence-corrected chi connectivity index (χ4v) is 2.72. The van der Waals surface area contributed by atoms with Crippen LogP contribution < -0.4 is 5.43 Å². The molecule has 1 fully saturated rings. The zero-order valence-electron chi connectivity index (χ0n) is 9.46. The highest BCUT2D eigenvalue weighted by Crippen LogP contribution is 2.44. The van der Waals surface area contributed by atoms with E-state index in [2.05, 4.69) is 26.5 Å². The van der Waals surface area contributed by atoms with Crippen LogP contribution in [0.25, 0.3) is 0 Å². The number of hydrazone groups is 1. The van der Waals surface area contributed by atoms with Gasteiger partial charge in [0.25, 0.3) is 0 Å². The van der Waals surface area contributed by atoms with Gasteiger partial charge in [0, 0.05) is 16.3 Å². The molecule has 0 aromatic heterocycles. The van der Waals surface area contributed by atoms with Crippen molar-refractivity contribution in [3.63, 3.8) is 0 Å². The van der Waals surface area contributed by atoms with E-state index in [1.54, 1.807) is 6.07 Å². The first kappa shape index (κ1) is 12.7. The van der Waals surface area contributed by atoms with Gasteiger partial charge in [0.2, 0.25) is 5.91 Å². The molecule has 0 radical (unpaired) electrons. The summed E-state index contributed by atoms with van der Waals surface area (Å²) >= 11 is 2.90. The summed E-state index contributed by atoms with van der Waals surface area (Å²) in [6.45, 7) is 0. The van der Waals surface area contributed by atoms with Gasteiger partial charge in [0.15, 0.2) is 0 Å². The summed E-state index contributed by atoms with van der Waals surface area (Å²) in [5, 5.41) is 3.89. The molecule has 0 spiro atoms. The van der Waals surface area contributed by atoms with Gasteiger partial charge in [0.1, 0.15) is 0 Å². The summed E-state index contributed by atoms with van der Waals surface area (Å²) in [5.74, 6) is -0.330. The minimum absolute atomic E-state index is 0.00320. The predicted molar refractivity (Wildman–Crippen MR) is 65.4 cm³/mol. The molecule has 19 heavy (non-hydrogen) atoms. The summed E-state index contributed by atoms with van der Waals surface area (Å²) in [4.78, 5) is 11.3. The van der Waals surface area contributed by atoms with Gasteiger partial charge in [-0.25, -0.2) is 5.43 Å². The Bertz CT molecular complexity index is 597. The van der Waals surface area contributed by atoms with Crippen molar-refractivity contribution in [2.75, 3.05) is 0 Å². The molecule has 1 saturated carbocycles. The fourth-order valence-electron chi connectivity index (χ4n) is 2.25. The van der Waals surface area contributed by atoms with Gasteiger partial charge in [0.05, 0.1) is 11.3 Å². The molecule has 2 atom stereocenters. The average Bonchev–Trinajstić information content (AvgIpc) is 3.10. The van der Waals surface area contributed by atoms with Gasteiger partial charge in [-0.05, 0) is 24.1 Å². The summed E-state index contributed by atoms with van der Waals surface area (Å²) in [6, 6.07) is 4.00. The Balaban J connectivity index is 2.01. The lowest BCUT2D eigenvalue weighted by molar-refractivity contribution is -0.138. The Morgan fingerprint density at radius 3 is 2.74 bits per heavy atom. The van der Waals surface area contributed by atoms with Crippen molar-refractivity contribution in [1.29, 1.82) is 0 Å². The average molecular weight is 333 g/mol. The minimum Gasteiger partial charge on any atom is -0.273 e. The number of rotatable bonds is 1. The van der Waals surface area contributed by atoms with Crippen molar-refractivity contribution in [1.82, 2.24) is 5.43 Å². The van der Waals surface area contributed by atoms with Crippen LogP contribution in [0.2, 0.25) is 0 Å². The van der Waals surface area contributed by atoms with E-state index in [1.165, 1.54) is 6.07 Å². The second-order valence-electron chi connectivity index (χ2n) is 4.61. The molecule has 1 N–H and O–H groups in total. The third-order valence-electron chi connectivity index (χ3n) is 3.33. The van der Waals surface area contributed by atoms with E-state index in [1.807, 2.05) is 0 Å².